The Balaban J connectivity index is 1.67. The third-order valence-corrected chi connectivity index (χ3v) is 5.91. The number of aliphatic imine (C=N–C) groups is 1. The van der Waals surface area contributed by atoms with Crippen molar-refractivity contribution < 1.29 is 9.47 Å². The quantitative estimate of drug-likeness (QED) is 0.621. The number of ether oxygens (including phenoxy) is 2. The topological polar surface area (TPSA) is 72.1 Å². The number of hydrogen-bond donors (Lipinski definition) is 2. The first-order valence-electron chi connectivity index (χ1n) is 8.34. The van der Waals surface area contributed by atoms with E-state index >= 15 is 0 Å². The molecule has 1 aromatic carbocycles. The molecule has 0 bridgehead atoms. The number of nitrogens with zero attached hydrogens (tertiary/aromatic N) is 2. The highest BCUT2D eigenvalue weighted by molar-refractivity contribution is 7.99. The number of nitrogens with one attached hydrogen (secondary N) is 1. The van der Waals surface area contributed by atoms with Crippen LogP contribution >= 0.6 is 11.8 Å². The second-order valence-electron chi connectivity index (χ2n) is 6.15. The SMILES string of the molecule is COc1ccccc1NC(N)=NCC1(N2CCOCC2)CCSC1. The highest BCUT2D eigenvalue weighted by Crippen LogP contribution is 2.34. The summed E-state index contributed by atoms with van der Waals surface area (Å²) < 4.78 is 10.8. The van der Waals surface area contributed by atoms with Gasteiger partial charge in [-0.1, -0.05) is 12.1 Å². The van der Waals surface area contributed by atoms with E-state index in [1.807, 2.05) is 36.0 Å². The number of guanidine groups is 1. The van der Waals surface area contributed by atoms with Crippen molar-refractivity contribution in [3.63, 3.8) is 0 Å². The molecule has 1 atom stereocenters. The molecule has 132 valence electrons. The molecule has 0 aromatic heterocycles. The van der Waals surface area contributed by atoms with E-state index in [1.54, 1.807) is 7.11 Å². The standard InChI is InChI=1S/C17H26N4O2S/c1-22-15-5-3-2-4-14(15)20-16(18)19-12-17(6-11-24-13-17)21-7-9-23-10-8-21/h2-5H,6-13H2,1H3,(H3,18,19,20). The van der Waals surface area contributed by atoms with E-state index in [2.05, 4.69) is 15.2 Å². The average Bonchev–Trinajstić information content (AvgIpc) is 3.11. The van der Waals surface area contributed by atoms with Crippen LogP contribution in [-0.4, -0.2) is 67.9 Å². The summed E-state index contributed by atoms with van der Waals surface area (Å²) in [6.07, 6.45) is 1.16. The first kappa shape index (κ1) is 17.4. The molecule has 2 aliphatic heterocycles. The summed E-state index contributed by atoms with van der Waals surface area (Å²) >= 11 is 2.00. The molecule has 1 aromatic rings. The van der Waals surface area contributed by atoms with Crippen molar-refractivity contribution in [2.45, 2.75) is 12.0 Å². The van der Waals surface area contributed by atoms with Crippen molar-refractivity contribution in [1.29, 1.82) is 0 Å². The molecule has 0 saturated carbocycles. The van der Waals surface area contributed by atoms with E-state index in [0.29, 0.717) is 12.5 Å². The Morgan fingerprint density at radius 2 is 2.21 bits per heavy atom. The maximum atomic E-state index is 6.13. The summed E-state index contributed by atoms with van der Waals surface area (Å²) in [4.78, 5) is 7.19. The van der Waals surface area contributed by atoms with Gasteiger partial charge in [-0.05, 0) is 24.3 Å². The van der Waals surface area contributed by atoms with Crippen molar-refractivity contribution in [1.82, 2.24) is 4.90 Å². The number of anilines is 1. The molecule has 0 spiro atoms. The van der Waals surface area contributed by atoms with Crippen LogP contribution in [0.1, 0.15) is 6.42 Å². The summed E-state index contributed by atoms with van der Waals surface area (Å²) in [6, 6.07) is 7.71. The van der Waals surface area contributed by atoms with Crippen LogP contribution in [-0.2, 0) is 4.74 Å². The van der Waals surface area contributed by atoms with Crippen molar-refractivity contribution in [2.24, 2.45) is 10.7 Å². The molecule has 3 rings (SSSR count). The summed E-state index contributed by atoms with van der Waals surface area (Å²) in [7, 11) is 1.65. The molecule has 0 amide bonds. The predicted octanol–water partition coefficient (Wildman–Crippen LogP) is 1.63. The Morgan fingerprint density at radius 1 is 1.42 bits per heavy atom. The molecule has 3 N–H and O–H groups in total. The van der Waals surface area contributed by atoms with Crippen LogP contribution in [0.25, 0.3) is 0 Å². The fourth-order valence-electron chi connectivity index (χ4n) is 3.27. The number of thioether (sulfide) groups is 1. The smallest absolute Gasteiger partial charge is 0.193 e. The number of benzene rings is 1. The minimum Gasteiger partial charge on any atom is -0.495 e. The zero-order valence-corrected chi connectivity index (χ0v) is 15.0. The molecule has 0 radical (unpaired) electrons. The van der Waals surface area contributed by atoms with Gasteiger partial charge in [0.05, 0.1) is 38.1 Å². The maximum absolute atomic E-state index is 6.13. The van der Waals surface area contributed by atoms with Crippen molar-refractivity contribution >= 4 is 23.4 Å². The van der Waals surface area contributed by atoms with Gasteiger partial charge in [0.25, 0.3) is 0 Å². The summed E-state index contributed by atoms with van der Waals surface area (Å²) in [5.74, 6) is 3.49. The summed E-state index contributed by atoms with van der Waals surface area (Å²) in [5.41, 5.74) is 7.08. The Hall–Kier alpha value is -1.44. The Labute approximate surface area is 147 Å². The second-order valence-corrected chi connectivity index (χ2v) is 7.26. The first-order valence-corrected chi connectivity index (χ1v) is 9.49. The van der Waals surface area contributed by atoms with E-state index in [-0.39, 0.29) is 5.54 Å². The van der Waals surface area contributed by atoms with E-state index in [4.69, 9.17) is 15.2 Å². The lowest BCUT2D eigenvalue weighted by Crippen LogP contribution is -2.56. The highest BCUT2D eigenvalue weighted by atomic mass is 32.2. The zero-order valence-electron chi connectivity index (χ0n) is 14.2. The van der Waals surface area contributed by atoms with Gasteiger partial charge >= 0.3 is 0 Å². The van der Waals surface area contributed by atoms with Gasteiger partial charge in [0.15, 0.2) is 5.96 Å². The van der Waals surface area contributed by atoms with Crippen LogP contribution < -0.4 is 15.8 Å². The van der Waals surface area contributed by atoms with Crippen molar-refractivity contribution in [3.8, 4) is 5.75 Å². The normalized spacial score (nSPS) is 25.6. The molecule has 7 heteroatoms. The Kier molecular flexibility index (Phi) is 5.86. The van der Waals surface area contributed by atoms with Crippen LogP contribution in [0.5, 0.6) is 5.75 Å². The Morgan fingerprint density at radius 3 is 2.92 bits per heavy atom. The van der Waals surface area contributed by atoms with Gasteiger partial charge in [-0.15, -0.1) is 0 Å². The number of morpholine rings is 1. The monoisotopic (exact) mass is 350 g/mol. The lowest BCUT2D eigenvalue weighted by atomic mass is 9.96. The van der Waals surface area contributed by atoms with Gasteiger partial charge in [0.1, 0.15) is 5.75 Å². The first-order chi connectivity index (χ1) is 11.7. The average molecular weight is 350 g/mol. The molecule has 1 unspecified atom stereocenters. The second kappa shape index (κ2) is 8.09. The highest BCUT2D eigenvalue weighted by Gasteiger charge is 2.40. The lowest BCUT2D eigenvalue weighted by molar-refractivity contribution is -0.0104. The fraction of sp³-hybridized carbons (Fsp3) is 0.588. The van der Waals surface area contributed by atoms with Gasteiger partial charge in [0.2, 0.25) is 0 Å². The van der Waals surface area contributed by atoms with E-state index in [1.165, 1.54) is 5.75 Å². The fourth-order valence-corrected chi connectivity index (χ4v) is 4.73. The lowest BCUT2D eigenvalue weighted by Gasteiger charge is -2.42. The molecular weight excluding hydrogens is 324 g/mol. The summed E-state index contributed by atoms with van der Waals surface area (Å²) in [5, 5.41) is 3.16. The van der Waals surface area contributed by atoms with Crippen molar-refractivity contribution in [2.75, 3.05) is 56.8 Å². The molecular formula is C17H26N4O2S. The largest absolute Gasteiger partial charge is 0.495 e. The molecule has 2 heterocycles. The number of hydrogen-bond acceptors (Lipinski definition) is 5. The third kappa shape index (κ3) is 3.96. The number of para-hydroxylation sites is 2. The molecule has 24 heavy (non-hydrogen) atoms. The van der Waals surface area contributed by atoms with Gasteiger partial charge < -0.3 is 20.5 Å². The third-order valence-electron chi connectivity index (χ3n) is 4.68. The van der Waals surface area contributed by atoms with Crippen molar-refractivity contribution in [3.05, 3.63) is 24.3 Å². The maximum Gasteiger partial charge on any atom is 0.193 e. The van der Waals surface area contributed by atoms with E-state index < -0.39 is 0 Å². The van der Waals surface area contributed by atoms with Crippen LogP contribution in [0, 0.1) is 0 Å². The number of methoxy groups -OCH3 is 1. The number of rotatable bonds is 5. The molecule has 2 saturated heterocycles. The van der Waals surface area contributed by atoms with Crippen LogP contribution in [0.3, 0.4) is 0 Å². The predicted molar refractivity (Wildman–Crippen MR) is 100 cm³/mol. The van der Waals surface area contributed by atoms with Gasteiger partial charge in [-0.2, -0.15) is 11.8 Å². The molecule has 2 aliphatic rings. The minimum absolute atomic E-state index is 0.113. The van der Waals surface area contributed by atoms with E-state index in [9.17, 15) is 0 Å². The van der Waals surface area contributed by atoms with Gasteiger partial charge in [-0.25, -0.2) is 0 Å². The van der Waals surface area contributed by atoms with E-state index in [0.717, 1.165) is 49.9 Å². The zero-order chi connectivity index (χ0) is 16.8. The van der Waals surface area contributed by atoms with Gasteiger partial charge in [-0.3, -0.25) is 9.89 Å². The number of nitrogens with two attached hydrogens (primary N) is 1. The van der Waals surface area contributed by atoms with Gasteiger partial charge in [0, 0.05) is 18.8 Å². The van der Waals surface area contributed by atoms with Crippen LogP contribution in [0.15, 0.2) is 29.3 Å². The molecule has 2 fully saturated rings. The van der Waals surface area contributed by atoms with Crippen LogP contribution in [0.4, 0.5) is 5.69 Å². The summed E-state index contributed by atoms with van der Waals surface area (Å²) in [6.45, 7) is 4.30. The molecule has 0 aliphatic carbocycles. The van der Waals surface area contributed by atoms with Crippen LogP contribution in [0.2, 0.25) is 0 Å². The minimum atomic E-state index is 0.113. The molecule has 6 nitrogen and oxygen atoms in total. The Bertz CT molecular complexity index is 569.